The molecule has 0 radical (unpaired) electrons. The lowest BCUT2D eigenvalue weighted by Crippen LogP contribution is -2.30. The van der Waals surface area contributed by atoms with Crippen LogP contribution in [-0.4, -0.2) is 40.1 Å². The number of rotatable bonds is 3. The van der Waals surface area contributed by atoms with E-state index >= 15 is 0 Å². The number of carboxylic acids is 1. The molecule has 2 heterocycles. The van der Waals surface area contributed by atoms with Gasteiger partial charge >= 0.3 is 5.97 Å². The standard InChI is InChI=1S/C15H13ClN2O4/c16-11-3-1-2-9(6-11)13-7-12(17-22-13)14(19)18-5-4-10(8-18)15(20)21/h1-3,6-7,10H,4-5,8H2,(H,20,21)/t10-/m0/s1. The predicted octanol–water partition coefficient (Wildman–Crippen LogP) is 2.54. The molecule has 0 unspecified atom stereocenters. The van der Waals surface area contributed by atoms with Crippen LogP contribution in [0.15, 0.2) is 34.9 Å². The third-order valence-electron chi connectivity index (χ3n) is 3.66. The molecule has 1 aliphatic heterocycles. The molecule has 0 bridgehead atoms. The van der Waals surface area contributed by atoms with Crippen LogP contribution >= 0.6 is 11.6 Å². The number of hydrogen-bond acceptors (Lipinski definition) is 4. The molecule has 22 heavy (non-hydrogen) atoms. The Morgan fingerprint density at radius 1 is 1.36 bits per heavy atom. The molecule has 1 aromatic heterocycles. The first-order valence-electron chi connectivity index (χ1n) is 6.79. The summed E-state index contributed by atoms with van der Waals surface area (Å²) in [6, 6.07) is 8.58. The number of benzene rings is 1. The van der Waals surface area contributed by atoms with Crippen molar-refractivity contribution < 1.29 is 19.2 Å². The largest absolute Gasteiger partial charge is 0.481 e. The molecular formula is C15H13ClN2O4. The maximum absolute atomic E-state index is 12.3. The highest BCUT2D eigenvalue weighted by atomic mass is 35.5. The lowest BCUT2D eigenvalue weighted by atomic mass is 10.1. The number of halogens is 1. The molecule has 6 nitrogen and oxygen atoms in total. The van der Waals surface area contributed by atoms with Crippen molar-refractivity contribution in [2.75, 3.05) is 13.1 Å². The van der Waals surface area contributed by atoms with E-state index in [1.807, 2.05) is 0 Å². The molecule has 114 valence electrons. The van der Waals surface area contributed by atoms with Gasteiger partial charge in [-0.25, -0.2) is 0 Å². The van der Waals surface area contributed by atoms with Crippen LogP contribution in [0.5, 0.6) is 0 Å². The van der Waals surface area contributed by atoms with Crippen molar-refractivity contribution in [3.63, 3.8) is 0 Å². The zero-order valence-corrected chi connectivity index (χ0v) is 12.3. The quantitative estimate of drug-likeness (QED) is 0.939. The first-order chi connectivity index (χ1) is 10.5. The number of likely N-dealkylation sites (tertiary alicyclic amines) is 1. The summed E-state index contributed by atoms with van der Waals surface area (Å²) in [5.41, 5.74) is 0.893. The molecule has 1 amide bonds. The minimum atomic E-state index is -0.880. The van der Waals surface area contributed by atoms with Crippen LogP contribution in [0.1, 0.15) is 16.9 Å². The minimum Gasteiger partial charge on any atom is -0.481 e. The number of aliphatic carboxylic acids is 1. The van der Waals surface area contributed by atoms with Crippen LogP contribution in [0.3, 0.4) is 0 Å². The van der Waals surface area contributed by atoms with E-state index in [9.17, 15) is 9.59 Å². The molecule has 1 atom stereocenters. The molecule has 7 heteroatoms. The summed E-state index contributed by atoms with van der Waals surface area (Å²) in [6.45, 7) is 0.614. The van der Waals surface area contributed by atoms with Crippen molar-refractivity contribution in [1.29, 1.82) is 0 Å². The summed E-state index contributed by atoms with van der Waals surface area (Å²) in [7, 11) is 0. The average Bonchev–Trinajstić information content (AvgIpc) is 3.16. The van der Waals surface area contributed by atoms with Crippen LogP contribution in [0, 0.1) is 5.92 Å². The minimum absolute atomic E-state index is 0.168. The molecule has 3 rings (SSSR count). The lowest BCUT2D eigenvalue weighted by Gasteiger charge is -2.13. The van der Waals surface area contributed by atoms with Crippen molar-refractivity contribution >= 4 is 23.5 Å². The van der Waals surface area contributed by atoms with Crippen molar-refractivity contribution in [1.82, 2.24) is 10.1 Å². The Bertz CT molecular complexity index is 728. The van der Waals surface area contributed by atoms with Gasteiger partial charge in [0.1, 0.15) is 0 Å². The number of hydrogen-bond donors (Lipinski definition) is 1. The zero-order chi connectivity index (χ0) is 15.7. The van der Waals surface area contributed by atoms with Crippen LogP contribution in [0.2, 0.25) is 5.02 Å². The SMILES string of the molecule is O=C(O)[C@H]1CCN(C(=O)c2cc(-c3cccc(Cl)c3)on2)C1. The van der Waals surface area contributed by atoms with Crippen LogP contribution in [0.4, 0.5) is 0 Å². The Labute approximate surface area is 131 Å². The second kappa shape index (κ2) is 5.81. The highest BCUT2D eigenvalue weighted by molar-refractivity contribution is 6.30. The second-order valence-electron chi connectivity index (χ2n) is 5.16. The van der Waals surface area contributed by atoms with Gasteiger partial charge in [-0.1, -0.05) is 28.9 Å². The van der Waals surface area contributed by atoms with Crippen molar-refractivity contribution in [3.05, 3.63) is 41.0 Å². The lowest BCUT2D eigenvalue weighted by molar-refractivity contribution is -0.141. The topological polar surface area (TPSA) is 83.6 Å². The third-order valence-corrected chi connectivity index (χ3v) is 3.90. The van der Waals surface area contributed by atoms with Crippen LogP contribution < -0.4 is 0 Å². The van der Waals surface area contributed by atoms with Gasteiger partial charge in [-0.3, -0.25) is 9.59 Å². The van der Waals surface area contributed by atoms with Gasteiger partial charge in [0.25, 0.3) is 5.91 Å². The maximum Gasteiger partial charge on any atom is 0.308 e. The number of aromatic nitrogens is 1. The van der Waals surface area contributed by atoms with Crippen molar-refractivity contribution in [3.8, 4) is 11.3 Å². The summed E-state index contributed by atoms with van der Waals surface area (Å²) < 4.78 is 5.19. The Hall–Kier alpha value is -2.34. The molecular weight excluding hydrogens is 308 g/mol. The highest BCUT2D eigenvalue weighted by Crippen LogP contribution is 2.25. The van der Waals surface area contributed by atoms with E-state index in [0.717, 1.165) is 5.56 Å². The van der Waals surface area contributed by atoms with E-state index < -0.39 is 11.9 Å². The Morgan fingerprint density at radius 2 is 2.18 bits per heavy atom. The number of carboxylic acid groups (broad SMARTS) is 1. The Morgan fingerprint density at radius 3 is 2.86 bits per heavy atom. The van der Waals surface area contributed by atoms with Crippen LogP contribution in [-0.2, 0) is 4.79 Å². The second-order valence-corrected chi connectivity index (χ2v) is 5.60. The zero-order valence-electron chi connectivity index (χ0n) is 11.5. The molecule has 0 spiro atoms. The van der Waals surface area contributed by atoms with E-state index in [-0.39, 0.29) is 18.1 Å². The Balaban J connectivity index is 1.77. The van der Waals surface area contributed by atoms with E-state index in [0.29, 0.717) is 23.7 Å². The number of carbonyl (C=O) groups excluding carboxylic acids is 1. The summed E-state index contributed by atoms with van der Waals surface area (Å²) in [5, 5.41) is 13.3. The van der Waals surface area contributed by atoms with Gasteiger partial charge in [-0.2, -0.15) is 0 Å². The van der Waals surface area contributed by atoms with E-state index in [1.165, 1.54) is 4.90 Å². The molecule has 1 saturated heterocycles. The fraction of sp³-hybridized carbons (Fsp3) is 0.267. The smallest absolute Gasteiger partial charge is 0.308 e. The third kappa shape index (κ3) is 2.82. The first kappa shape index (κ1) is 14.6. The van der Waals surface area contributed by atoms with Gasteiger partial charge in [0.05, 0.1) is 5.92 Å². The first-order valence-corrected chi connectivity index (χ1v) is 7.17. The molecule has 0 saturated carbocycles. The van der Waals surface area contributed by atoms with Crippen molar-refractivity contribution in [2.24, 2.45) is 5.92 Å². The van der Waals surface area contributed by atoms with Gasteiger partial charge in [-0.05, 0) is 18.6 Å². The van der Waals surface area contributed by atoms with E-state index in [4.69, 9.17) is 21.2 Å². The van der Waals surface area contributed by atoms with E-state index in [1.54, 1.807) is 30.3 Å². The predicted molar refractivity (Wildman–Crippen MR) is 78.6 cm³/mol. The molecule has 1 N–H and O–H groups in total. The van der Waals surface area contributed by atoms with Crippen molar-refractivity contribution in [2.45, 2.75) is 6.42 Å². The summed E-state index contributed by atoms with van der Waals surface area (Å²) in [4.78, 5) is 24.7. The van der Waals surface area contributed by atoms with Gasteiger partial charge in [0, 0.05) is 29.7 Å². The molecule has 2 aromatic rings. The Kier molecular flexibility index (Phi) is 3.85. The number of amides is 1. The average molecular weight is 321 g/mol. The van der Waals surface area contributed by atoms with Gasteiger partial charge in [0.2, 0.25) is 0 Å². The fourth-order valence-electron chi connectivity index (χ4n) is 2.46. The molecule has 1 fully saturated rings. The highest BCUT2D eigenvalue weighted by Gasteiger charge is 2.32. The summed E-state index contributed by atoms with van der Waals surface area (Å²) in [5.74, 6) is -1.26. The molecule has 1 aliphatic rings. The van der Waals surface area contributed by atoms with Gasteiger partial charge in [0.15, 0.2) is 11.5 Å². The normalized spacial score (nSPS) is 17.7. The van der Waals surface area contributed by atoms with Gasteiger partial charge < -0.3 is 14.5 Å². The number of nitrogens with zero attached hydrogens (tertiary/aromatic N) is 2. The summed E-state index contributed by atoms with van der Waals surface area (Å²) in [6.07, 6.45) is 0.458. The van der Waals surface area contributed by atoms with Gasteiger partial charge in [-0.15, -0.1) is 0 Å². The molecule has 0 aliphatic carbocycles. The maximum atomic E-state index is 12.3. The number of carbonyl (C=O) groups is 2. The van der Waals surface area contributed by atoms with Crippen LogP contribution in [0.25, 0.3) is 11.3 Å². The summed E-state index contributed by atoms with van der Waals surface area (Å²) >= 11 is 5.92. The monoisotopic (exact) mass is 320 g/mol. The van der Waals surface area contributed by atoms with E-state index in [2.05, 4.69) is 5.16 Å². The molecule has 1 aromatic carbocycles. The fourth-order valence-corrected chi connectivity index (χ4v) is 2.65.